The van der Waals surface area contributed by atoms with Crippen LogP contribution in [0.3, 0.4) is 0 Å². The first-order chi connectivity index (χ1) is 14.5. The van der Waals surface area contributed by atoms with E-state index in [-0.39, 0.29) is 37.2 Å². The van der Waals surface area contributed by atoms with Gasteiger partial charge in [-0.1, -0.05) is 36.4 Å². The molecule has 0 atom stereocenters. The van der Waals surface area contributed by atoms with E-state index in [1.54, 1.807) is 17.0 Å². The summed E-state index contributed by atoms with van der Waals surface area (Å²) in [6.45, 7) is 4.89. The Labute approximate surface area is 177 Å². The van der Waals surface area contributed by atoms with E-state index in [1.807, 2.05) is 37.3 Å². The van der Waals surface area contributed by atoms with Crippen LogP contribution in [-0.4, -0.2) is 61.9 Å². The number of nitrogens with one attached hydrogen (secondary N) is 2. The van der Waals surface area contributed by atoms with E-state index < -0.39 is 0 Å². The van der Waals surface area contributed by atoms with E-state index >= 15 is 0 Å². The van der Waals surface area contributed by atoms with Crippen molar-refractivity contribution < 1.29 is 14.4 Å². The van der Waals surface area contributed by atoms with Gasteiger partial charge in [-0.2, -0.15) is 0 Å². The van der Waals surface area contributed by atoms with Gasteiger partial charge in [0.15, 0.2) is 0 Å². The highest BCUT2D eigenvalue weighted by Gasteiger charge is 2.21. The average Bonchev–Trinajstić information content (AvgIpc) is 2.78. The van der Waals surface area contributed by atoms with Gasteiger partial charge >= 0.3 is 0 Å². The zero-order valence-corrected chi connectivity index (χ0v) is 17.3. The normalized spacial score (nSPS) is 13.6. The molecule has 0 bridgehead atoms. The Morgan fingerprint density at radius 1 is 0.867 bits per heavy atom. The summed E-state index contributed by atoms with van der Waals surface area (Å²) >= 11 is 0. The molecule has 30 heavy (non-hydrogen) atoms. The van der Waals surface area contributed by atoms with Crippen LogP contribution < -0.4 is 15.5 Å². The number of hydrogen-bond acceptors (Lipinski definition) is 4. The van der Waals surface area contributed by atoms with Gasteiger partial charge in [0.05, 0.1) is 6.54 Å². The molecule has 1 aliphatic heterocycles. The Morgan fingerprint density at radius 2 is 1.53 bits per heavy atom. The molecule has 1 aliphatic rings. The topological polar surface area (TPSA) is 81.8 Å². The number of anilines is 1. The Hall–Kier alpha value is -3.35. The average molecular weight is 409 g/mol. The van der Waals surface area contributed by atoms with Gasteiger partial charge in [0.2, 0.25) is 11.8 Å². The summed E-state index contributed by atoms with van der Waals surface area (Å²) in [6.07, 6.45) is 0.132. The molecule has 1 saturated heterocycles. The van der Waals surface area contributed by atoms with Gasteiger partial charge in [-0.3, -0.25) is 14.4 Å². The highest BCUT2D eigenvalue weighted by molar-refractivity contribution is 5.95. The Morgan fingerprint density at radius 3 is 2.23 bits per heavy atom. The van der Waals surface area contributed by atoms with Crippen LogP contribution in [0.5, 0.6) is 0 Å². The van der Waals surface area contributed by atoms with Crippen molar-refractivity contribution in [1.29, 1.82) is 0 Å². The molecule has 2 N–H and O–H groups in total. The second-order valence-electron chi connectivity index (χ2n) is 7.30. The third-order valence-electron chi connectivity index (χ3n) is 5.22. The van der Waals surface area contributed by atoms with Crippen LogP contribution in [0.4, 0.5) is 5.69 Å². The summed E-state index contributed by atoms with van der Waals surface area (Å²) in [5, 5.41) is 5.39. The number of piperazine rings is 1. The molecule has 0 aromatic heterocycles. The third-order valence-corrected chi connectivity index (χ3v) is 5.22. The predicted molar refractivity (Wildman–Crippen MR) is 116 cm³/mol. The summed E-state index contributed by atoms with van der Waals surface area (Å²) in [6, 6.07) is 17.4. The minimum Gasteiger partial charge on any atom is -0.368 e. The number of nitrogens with zero attached hydrogens (tertiary/aromatic N) is 2. The number of aryl methyl sites for hydroxylation is 1. The zero-order valence-electron chi connectivity index (χ0n) is 17.3. The number of amides is 3. The van der Waals surface area contributed by atoms with Crippen molar-refractivity contribution in [2.24, 2.45) is 0 Å². The first-order valence-electron chi connectivity index (χ1n) is 10.2. The molecule has 2 aromatic carbocycles. The van der Waals surface area contributed by atoms with Crippen molar-refractivity contribution >= 4 is 23.4 Å². The maximum absolute atomic E-state index is 12.4. The van der Waals surface area contributed by atoms with E-state index in [9.17, 15) is 14.4 Å². The van der Waals surface area contributed by atoms with Gasteiger partial charge in [0.25, 0.3) is 5.91 Å². The molecular formula is C23H28N4O3. The molecule has 7 nitrogen and oxygen atoms in total. The first kappa shape index (κ1) is 21.4. The highest BCUT2D eigenvalue weighted by atomic mass is 16.2. The second-order valence-corrected chi connectivity index (χ2v) is 7.30. The minimum absolute atomic E-state index is 0.0179. The van der Waals surface area contributed by atoms with Gasteiger partial charge in [-0.05, 0) is 30.7 Å². The quantitative estimate of drug-likeness (QED) is 0.729. The van der Waals surface area contributed by atoms with E-state index in [4.69, 9.17) is 0 Å². The van der Waals surface area contributed by atoms with Crippen LogP contribution in [0.2, 0.25) is 0 Å². The monoisotopic (exact) mass is 408 g/mol. The van der Waals surface area contributed by atoms with Crippen molar-refractivity contribution in [3.63, 3.8) is 0 Å². The molecule has 3 amide bonds. The summed E-state index contributed by atoms with van der Waals surface area (Å²) < 4.78 is 0. The third kappa shape index (κ3) is 5.83. The number of para-hydroxylation sites is 1. The van der Waals surface area contributed by atoms with Crippen molar-refractivity contribution in [1.82, 2.24) is 15.5 Å². The number of benzene rings is 2. The molecule has 0 saturated carbocycles. The number of hydrogen-bond donors (Lipinski definition) is 2. The van der Waals surface area contributed by atoms with E-state index in [1.165, 1.54) is 0 Å². The van der Waals surface area contributed by atoms with E-state index in [0.29, 0.717) is 18.7 Å². The van der Waals surface area contributed by atoms with Crippen LogP contribution >= 0.6 is 0 Å². The standard InChI is InChI=1S/C23H28N4O3/c1-18-7-5-6-10-20(18)23(30)24-12-11-21(28)25-17-22(29)27-15-13-26(14-16-27)19-8-3-2-4-9-19/h2-10H,11-17H2,1H3,(H,24,30)(H,25,28). The molecule has 0 unspecified atom stereocenters. The van der Waals surface area contributed by atoms with Crippen molar-refractivity contribution in [2.45, 2.75) is 13.3 Å². The number of rotatable bonds is 7. The molecule has 1 fully saturated rings. The van der Waals surface area contributed by atoms with Crippen LogP contribution in [-0.2, 0) is 9.59 Å². The molecule has 3 rings (SSSR count). The lowest BCUT2D eigenvalue weighted by atomic mass is 10.1. The highest BCUT2D eigenvalue weighted by Crippen LogP contribution is 2.15. The molecule has 2 aromatic rings. The van der Waals surface area contributed by atoms with Gasteiger partial charge in [-0.15, -0.1) is 0 Å². The van der Waals surface area contributed by atoms with Crippen LogP contribution in [0.15, 0.2) is 54.6 Å². The number of carbonyl (C=O) groups excluding carboxylic acids is 3. The maximum atomic E-state index is 12.4. The molecule has 7 heteroatoms. The van der Waals surface area contributed by atoms with Crippen LogP contribution in [0.1, 0.15) is 22.3 Å². The van der Waals surface area contributed by atoms with Gasteiger partial charge in [0, 0.05) is 50.4 Å². The summed E-state index contributed by atoms with van der Waals surface area (Å²) in [5.41, 5.74) is 2.64. The minimum atomic E-state index is -0.253. The Balaban J connectivity index is 1.33. The fourth-order valence-electron chi connectivity index (χ4n) is 3.44. The predicted octanol–water partition coefficient (Wildman–Crippen LogP) is 1.58. The van der Waals surface area contributed by atoms with Gasteiger partial charge in [-0.25, -0.2) is 0 Å². The Bertz CT molecular complexity index is 877. The summed E-state index contributed by atoms with van der Waals surface area (Å²) in [5.74, 6) is -0.537. The molecule has 0 spiro atoms. The Kier molecular flexibility index (Phi) is 7.43. The molecule has 0 aliphatic carbocycles. The molecule has 1 heterocycles. The SMILES string of the molecule is Cc1ccccc1C(=O)NCCC(=O)NCC(=O)N1CCN(c2ccccc2)CC1. The number of carbonyl (C=O) groups is 3. The maximum Gasteiger partial charge on any atom is 0.251 e. The fourth-order valence-corrected chi connectivity index (χ4v) is 3.44. The molecule has 158 valence electrons. The largest absolute Gasteiger partial charge is 0.368 e. The van der Waals surface area contributed by atoms with Gasteiger partial charge < -0.3 is 20.4 Å². The smallest absolute Gasteiger partial charge is 0.251 e. The lowest BCUT2D eigenvalue weighted by molar-refractivity contribution is -0.133. The van der Waals surface area contributed by atoms with Crippen molar-refractivity contribution in [2.75, 3.05) is 44.2 Å². The lowest BCUT2D eigenvalue weighted by Gasteiger charge is -2.36. The van der Waals surface area contributed by atoms with Gasteiger partial charge in [0.1, 0.15) is 0 Å². The first-order valence-corrected chi connectivity index (χ1v) is 10.2. The zero-order chi connectivity index (χ0) is 21.3. The van der Waals surface area contributed by atoms with Crippen LogP contribution in [0.25, 0.3) is 0 Å². The van der Waals surface area contributed by atoms with Crippen molar-refractivity contribution in [3.05, 3.63) is 65.7 Å². The summed E-state index contributed by atoms with van der Waals surface area (Å²) in [7, 11) is 0. The van der Waals surface area contributed by atoms with Crippen molar-refractivity contribution in [3.8, 4) is 0 Å². The van der Waals surface area contributed by atoms with Crippen LogP contribution in [0, 0.1) is 6.92 Å². The second kappa shape index (κ2) is 10.4. The molecule has 0 radical (unpaired) electrons. The lowest BCUT2D eigenvalue weighted by Crippen LogP contribution is -2.51. The van der Waals surface area contributed by atoms with E-state index in [0.717, 1.165) is 24.3 Å². The fraction of sp³-hybridized carbons (Fsp3) is 0.348. The summed E-state index contributed by atoms with van der Waals surface area (Å²) in [4.78, 5) is 40.6. The van der Waals surface area contributed by atoms with E-state index in [2.05, 4.69) is 27.7 Å². The molecular weight excluding hydrogens is 380 g/mol.